The molecule has 1 amide bonds. The first-order valence-corrected chi connectivity index (χ1v) is 7.31. The smallest absolute Gasteiger partial charge is 0.255 e. The molecule has 5 nitrogen and oxygen atoms in total. The van der Waals surface area contributed by atoms with Crippen LogP contribution < -0.4 is 5.32 Å². The van der Waals surface area contributed by atoms with Gasteiger partial charge < -0.3 is 15.3 Å². The molecule has 0 aliphatic carbocycles. The fourth-order valence-corrected chi connectivity index (χ4v) is 2.01. The van der Waals surface area contributed by atoms with Crippen LogP contribution in [-0.4, -0.2) is 47.1 Å². The van der Waals surface area contributed by atoms with Crippen molar-refractivity contribution in [1.29, 1.82) is 0 Å². The minimum absolute atomic E-state index is 0.0721. The topological polar surface area (TPSA) is 65.5 Å². The van der Waals surface area contributed by atoms with E-state index >= 15 is 0 Å². The van der Waals surface area contributed by atoms with Crippen LogP contribution in [0.25, 0.3) is 0 Å². The molecule has 1 rings (SSSR count). The Bertz CT molecular complexity index is 440. The molecule has 0 radical (unpaired) electrons. The van der Waals surface area contributed by atoms with Crippen LogP contribution in [0.5, 0.6) is 0 Å². The molecule has 2 N–H and O–H groups in total. The van der Waals surface area contributed by atoms with Crippen LogP contribution in [0, 0.1) is 0 Å². The van der Waals surface area contributed by atoms with Gasteiger partial charge in [0, 0.05) is 32.4 Å². The summed E-state index contributed by atoms with van der Waals surface area (Å²) in [5.74, 6) is 0.487. The van der Waals surface area contributed by atoms with Gasteiger partial charge in [-0.1, -0.05) is 18.5 Å². The van der Waals surface area contributed by atoms with E-state index in [2.05, 4.69) is 17.2 Å². The van der Waals surface area contributed by atoms with Crippen molar-refractivity contribution >= 4 is 23.3 Å². The van der Waals surface area contributed by atoms with Gasteiger partial charge in [-0.25, -0.2) is 4.98 Å². The number of amides is 1. The Hall–Kier alpha value is -1.33. The predicted octanol–water partition coefficient (Wildman–Crippen LogP) is 2.40. The van der Waals surface area contributed by atoms with E-state index in [1.54, 1.807) is 11.0 Å². The van der Waals surface area contributed by atoms with E-state index < -0.39 is 0 Å². The molecule has 0 fully saturated rings. The summed E-state index contributed by atoms with van der Waals surface area (Å²) in [6, 6.07) is 1.64. The maximum atomic E-state index is 12.3. The van der Waals surface area contributed by atoms with E-state index in [0.29, 0.717) is 35.9 Å². The Balaban J connectivity index is 2.79. The average molecular weight is 300 g/mol. The Morgan fingerprint density at radius 3 is 2.80 bits per heavy atom. The standard InChI is InChI=1S/C14H22ClN3O2/c1-3-6-16-13-12(15)9-11(10-17-13)14(20)18(4-2)7-5-8-19/h9-10,19H,3-8H2,1-2H3,(H,16,17). The van der Waals surface area contributed by atoms with Gasteiger partial charge in [0.25, 0.3) is 5.91 Å². The maximum absolute atomic E-state index is 12.3. The van der Waals surface area contributed by atoms with Gasteiger partial charge in [0.2, 0.25) is 0 Å². The number of aromatic nitrogens is 1. The summed E-state index contributed by atoms with van der Waals surface area (Å²) in [6.07, 6.45) is 3.08. The number of nitrogens with zero attached hydrogens (tertiary/aromatic N) is 2. The molecule has 0 aliphatic rings. The van der Waals surface area contributed by atoms with Crippen LogP contribution in [0.15, 0.2) is 12.3 Å². The quantitative estimate of drug-likeness (QED) is 0.773. The lowest BCUT2D eigenvalue weighted by Gasteiger charge is -2.20. The van der Waals surface area contributed by atoms with Gasteiger partial charge in [-0.05, 0) is 25.8 Å². The van der Waals surface area contributed by atoms with E-state index in [1.165, 1.54) is 6.20 Å². The molecule has 0 unspecified atom stereocenters. The zero-order chi connectivity index (χ0) is 15.0. The van der Waals surface area contributed by atoms with Crippen molar-refractivity contribution in [2.45, 2.75) is 26.7 Å². The predicted molar refractivity (Wildman–Crippen MR) is 81.3 cm³/mol. The number of aliphatic hydroxyl groups excluding tert-OH is 1. The summed E-state index contributed by atoms with van der Waals surface area (Å²) in [6.45, 7) is 5.94. The fourth-order valence-electron chi connectivity index (χ4n) is 1.78. The number of hydrogen-bond donors (Lipinski definition) is 2. The van der Waals surface area contributed by atoms with Crippen molar-refractivity contribution in [3.05, 3.63) is 22.8 Å². The molecule has 112 valence electrons. The molecule has 0 bridgehead atoms. The number of pyridine rings is 1. The lowest BCUT2D eigenvalue weighted by molar-refractivity contribution is 0.0754. The molecule has 0 spiro atoms. The number of carbonyl (C=O) groups excluding carboxylic acids is 1. The van der Waals surface area contributed by atoms with Crippen molar-refractivity contribution in [1.82, 2.24) is 9.88 Å². The molecule has 0 atom stereocenters. The summed E-state index contributed by atoms with van der Waals surface area (Å²) in [5, 5.41) is 12.4. The Morgan fingerprint density at radius 1 is 1.50 bits per heavy atom. The van der Waals surface area contributed by atoms with Gasteiger partial charge in [0.1, 0.15) is 5.82 Å². The van der Waals surface area contributed by atoms with Crippen LogP contribution >= 0.6 is 11.6 Å². The fraction of sp³-hybridized carbons (Fsp3) is 0.571. The normalized spacial score (nSPS) is 10.4. The van der Waals surface area contributed by atoms with Crippen molar-refractivity contribution in [2.24, 2.45) is 0 Å². The minimum atomic E-state index is -0.114. The highest BCUT2D eigenvalue weighted by atomic mass is 35.5. The summed E-state index contributed by atoms with van der Waals surface area (Å²) in [7, 11) is 0. The number of aliphatic hydroxyl groups is 1. The first-order chi connectivity index (χ1) is 9.63. The van der Waals surface area contributed by atoms with E-state index in [0.717, 1.165) is 13.0 Å². The molecule has 0 aliphatic heterocycles. The van der Waals surface area contributed by atoms with Crippen molar-refractivity contribution in [2.75, 3.05) is 31.6 Å². The van der Waals surface area contributed by atoms with Crippen molar-refractivity contribution in [3.8, 4) is 0 Å². The molecule has 1 aromatic heterocycles. The van der Waals surface area contributed by atoms with E-state index in [9.17, 15) is 4.79 Å². The summed E-state index contributed by atoms with van der Waals surface area (Å²) < 4.78 is 0. The Morgan fingerprint density at radius 2 is 2.25 bits per heavy atom. The third-order valence-electron chi connectivity index (χ3n) is 2.89. The van der Waals surface area contributed by atoms with Gasteiger partial charge >= 0.3 is 0 Å². The van der Waals surface area contributed by atoms with E-state index in [-0.39, 0.29) is 12.5 Å². The monoisotopic (exact) mass is 299 g/mol. The number of anilines is 1. The Kier molecular flexibility index (Phi) is 7.33. The molecular formula is C14H22ClN3O2. The van der Waals surface area contributed by atoms with Gasteiger partial charge in [0.05, 0.1) is 10.6 Å². The second-order valence-corrected chi connectivity index (χ2v) is 4.85. The van der Waals surface area contributed by atoms with Crippen LogP contribution in [0.2, 0.25) is 5.02 Å². The molecule has 1 heterocycles. The van der Waals surface area contributed by atoms with Gasteiger partial charge in [-0.15, -0.1) is 0 Å². The lowest BCUT2D eigenvalue weighted by atomic mass is 10.2. The lowest BCUT2D eigenvalue weighted by Crippen LogP contribution is -2.32. The number of halogens is 1. The zero-order valence-electron chi connectivity index (χ0n) is 12.0. The summed E-state index contributed by atoms with van der Waals surface area (Å²) in [5.41, 5.74) is 0.469. The SMILES string of the molecule is CCCNc1ncc(C(=O)N(CC)CCCO)cc1Cl. The maximum Gasteiger partial charge on any atom is 0.255 e. The third-order valence-corrected chi connectivity index (χ3v) is 3.17. The molecule has 6 heteroatoms. The first-order valence-electron chi connectivity index (χ1n) is 6.93. The van der Waals surface area contributed by atoms with E-state index in [4.69, 9.17) is 16.7 Å². The van der Waals surface area contributed by atoms with Crippen LogP contribution in [0.1, 0.15) is 37.0 Å². The highest BCUT2D eigenvalue weighted by Crippen LogP contribution is 2.21. The largest absolute Gasteiger partial charge is 0.396 e. The number of rotatable bonds is 8. The van der Waals surface area contributed by atoms with E-state index in [1.807, 2.05) is 6.92 Å². The number of hydrogen-bond acceptors (Lipinski definition) is 4. The average Bonchev–Trinajstić information content (AvgIpc) is 2.46. The van der Waals surface area contributed by atoms with Crippen LogP contribution in [-0.2, 0) is 0 Å². The first kappa shape index (κ1) is 16.7. The Labute approximate surface area is 125 Å². The molecular weight excluding hydrogens is 278 g/mol. The summed E-state index contributed by atoms with van der Waals surface area (Å²) in [4.78, 5) is 18.1. The summed E-state index contributed by atoms with van der Waals surface area (Å²) >= 11 is 6.13. The second-order valence-electron chi connectivity index (χ2n) is 4.44. The molecule has 0 saturated carbocycles. The number of nitrogens with one attached hydrogen (secondary N) is 1. The number of carbonyl (C=O) groups is 1. The third kappa shape index (κ3) is 4.65. The van der Waals surface area contributed by atoms with Crippen molar-refractivity contribution < 1.29 is 9.90 Å². The van der Waals surface area contributed by atoms with Gasteiger partial charge in [-0.2, -0.15) is 0 Å². The van der Waals surface area contributed by atoms with Crippen LogP contribution in [0.3, 0.4) is 0 Å². The highest BCUT2D eigenvalue weighted by Gasteiger charge is 2.15. The van der Waals surface area contributed by atoms with Gasteiger partial charge in [-0.3, -0.25) is 4.79 Å². The molecule has 0 aromatic carbocycles. The zero-order valence-corrected chi connectivity index (χ0v) is 12.8. The van der Waals surface area contributed by atoms with Crippen LogP contribution in [0.4, 0.5) is 5.82 Å². The minimum Gasteiger partial charge on any atom is -0.396 e. The molecule has 20 heavy (non-hydrogen) atoms. The molecule has 0 saturated heterocycles. The second kappa shape index (κ2) is 8.76. The molecule has 1 aromatic rings. The van der Waals surface area contributed by atoms with Crippen molar-refractivity contribution in [3.63, 3.8) is 0 Å². The van der Waals surface area contributed by atoms with Gasteiger partial charge in [0.15, 0.2) is 0 Å². The highest BCUT2D eigenvalue weighted by molar-refractivity contribution is 6.33.